The number of nitrogens with one attached hydrogen (secondary N) is 2. The van der Waals surface area contributed by atoms with E-state index in [9.17, 15) is 13.6 Å². The molecule has 0 spiro atoms. The predicted molar refractivity (Wildman–Crippen MR) is 113 cm³/mol. The van der Waals surface area contributed by atoms with Crippen molar-refractivity contribution < 1.29 is 18.3 Å². The number of nitrogens with zero attached hydrogens (tertiary/aromatic N) is 2. The van der Waals surface area contributed by atoms with Gasteiger partial charge >= 0.3 is 6.09 Å². The number of aromatic nitrogens is 1. The number of allylic oxidation sites excluding steroid dienone is 5. The molecule has 0 aromatic carbocycles. The van der Waals surface area contributed by atoms with Gasteiger partial charge in [0.05, 0.1) is 17.6 Å². The Kier molecular flexibility index (Phi) is 9.47. The molecule has 0 unspecified atom stereocenters. The minimum Gasteiger partial charge on any atom is -0.444 e. The molecule has 0 saturated carbocycles. The molecule has 9 heteroatoms. The summed E-state index contributed by atoms with van der Waals surface area (Å²) in [5, 5.41) is 14.1. The Morgan fingerprint density at radius 1 is 1.43 bits per heavy atom. The fourth-order valence-electron chi connectivity index (χ4n) is 2.17. The summed E-state index contributed by atoms with van der Waals surface area (Å²) in [6.07, 6.45) is 6.32. The van der Waals surface area contributed by atoms with Crippen molar-refractivity contribution in [2.24, 2.45) is 0 Å². The summed E-state index contributed by atoms with van der Waals surface area (Å²) in [5.74, 6) is -1.61. The Morgan fingerprint density at radius 3 is 2.67 bits per heavy atom. The third-order valence-corrected chi connectivity index (χ3v) is 3.84. The first-order valence-electron chi connectivity index (χ1n) is 9.15. The average molecular weight is 439 g/mol. The van der Waals surface area contributed by atoms with Crippen LogP contribution < -0.4 is 10.6 Å². The maximum atomic E-state index is 14.3. The molecule has 2 N–H and O–H groups in total. The molecule has 0 aliphatic heterocycles. The largest absolute Gasteiger partial charge is 0.444 e. The van der Waals surface area contributed by atoms with Crippen molar-refractivity contribution in [3.63, 3.8) is 0 Å². The number of pyridine rings is 1. The molecule has 6 nitrogen and oxygen atoms in total. The Labute approximate surface area is 180 Å². The van der Waals surface area contributed by atoms with E-state index >= 15 is 0 Å². The minimum atomic E-state index is -0.816. The summed E-state index contributed by atoms with van der Waals surface area (Å²) in [4.78, 5) is 15.9. The summed E-state index contributed by atoms with van der Waals surface area (Å²) in [6.45, 7) is 8.52. The first kappa shape index (κ1) is 25.1. The number of anilines is 1. The molecule has 1 rings (SSSR count). The van der Waals surface area contributed by atoms with Gasteiger partial charge in [0.2, 0.25) is 0 Å². The maximum absolute atomic E-state index is 14.3. The molecule has 0 fully saturated rings. The van der Waals surface area contributed by atoms with Gasteiger partial charge in [0.25, 0.3) is 0 Å². The van der Waals surface area contributed by atoms with Gasteiger partial charge in [0, 0.05) is 0 Å². The van der Waals surface area contributed by atoms with Crippen LogP contribution in [0.3, 0.4) is 0 Å². The van der Waals surface area contributed by atoms with Crippen LogP contribution in [0.15, 0.2) is 42.3 Å². The van der Waals surface area contributed by atoms with Gasteiger partial charge in [-0.2, -0.15) is 5.26 Å². The molecular formula is C21H25ClF2N4O2. The molecule has 1 heterocycles. The summed E-state index contributed by atoms with van der Waals surface area (Å²) in [7, 11) is 0. The zero-order chi connectivity index (χ0) is 22.9. The lowest BCUT2D eigenvalue weighted by atomic mass is 10.1. The number of halogens is 3. The SMILES string of the molecule is C\C=C/C=C(F)\C=C\[C@@H](Nc1nc(Cl)c(C#N)cc1F)[C@H](C)NC(=O)OC(C)(C)C. The van der Waals surface area contributed by atoms with Crippen LogP contribution in [0.4, 0.5) is 19.4 Å². The van der Waals surface area contributed by atoms with E-state index in [-0.39, 0.29) is 16.5 Å². The number of hydrogen-bond donors (Lipinski definition) is 2. The van der Waals surface area contributed by atoms with Crippen LogP contribution in [-0.2, 0) is 4.74 Å². The number of amides is 1. The predicted octanol–water partition coefficient (Wildman–Crippen LogP) is 5.43. The molecule has 0 radical (unpaired) electrons. The third kappa shape index (κ3) is 8.62. The lowest BCUT2D eigenvalue weighted by Crippen LogP contribution is -2.46. The molecule has 1 aromatic heterocycles. The quantitative estimate of drug-likeness (QED) is 0.438. The molecule has 0 saturated heterocycles. The van der Waals surface area contributed by atoms with E-state index < -0.39 is 35.4 Å². The number of rotatable bonds is 7. The van der Waals surface area contributed by atoms with Gasteiger partial charge in [-0.15, -0.1) is 0 Å². The second-order valence-electron chi connectivity index (χ2n) is 7.31. The monoisotopic (exact) mass is 438 g/mol. The summed E-state index contributed by atoms with van der Waals surface area (Å²) in [5.41, 5.74) is -0.829. The van der Waals surface area contributed by atoms with Crippen LogP contribution in [-0.4, -0.2) is 28.8 Å². The van der Waals surface area contributed by atoms with Crippen LogP contribution >= 0.6 is 11.6 Å². The van der Waals surface area contributed by atoms with E-state index in [0.717, 1.165) is 6.07 Å². The number of ether oxygens (including phenoxy) is 1. The van der Waals surface area contributed by atoms with Gasteiger partial charge in [-0.3, -0.25) is 0 Å². The summed E-state index contributed by atoms with van der Waals surface area (Å²) in [6, 6.07) is 1.24. The van der Waals surface area contributed by atoms with Crippen molar-refractivity contribution in [2.45, 2.75) is 52.3 Å². The summed E-state index contributed by atoms with van der Waals surface area (Å²) >= 11 is 5.88. The first-order chi connectivity index (χ1) is 14.0. The highest BCUT2D eigenvalue weighted by Crippen LogP contribution is 2.21. The second kappa shape index (κ2) is 11.3. The Bertz CT molecular complexity index is 886. The average Bonchev–Trinajstić information content (AvgIpc) is 2.63. The zero-order valence-electron chi connectivity index (χ0n) is 17.5. The van der Waals surface area contributed by atoms with Crippen LogP contribution in [0.5, 0.6) is 0 Å². The number of alkyl carbamates (subject to hydrolysis) is 1. The third-order valence-electron chi connectivity index (χ3n) is 3.55. The highest BCUT2D eigenvalue weighted by Gasteiger charge is 2.23. The molecule has 1 amide bonds. The van der Waals surface area contributed by atoms with Crippen LogP contribution in [0.2, 0.25) is 5.15 Å². The topological polar surface area (TPSA) is 87.0 Å². The van der Waals surface area contributed by atoms with Crippen molar-refractivity contribution in [2.75, 3.05) is 5.32 Å². The van der Waals surface area contributed by atoms with Gasteiger partial charge in [0.1, 0.15) is 22.7 Å². The standard InChI is InChI=1S/C21H25ClF2N4O2/c1-6-7-8-15(23)9-10-17(13(2)26-20(29)30-21(3,4)5)27-19-16(24)11-14(12-25)18(22)28-19/h6-11,13,17H,1-5H3,(H,26,29)(H,27,28)/b7-6-,10-9+,15-8+/t13-,17+/m0/s1. The normalized spacial score (nSPS) is 14.4. The maximum Gasteiger partial charge on any atom is 0.407 e. The minimum absolute atomic E-state index is 0.118. The van der Waals surface area contributed by atoms with Crippen molar-refractivity contribution in [1.29, 1.82) is 5.26 Å². The van der Waals surface area contributed by atoms with E-state index in [4.69, 9.17) is 21.6 Å². The second-order valence-corrected chi connectivity index (χ2v) is 7.67. The van der Waals surface area contributed by atoms with Gasteiger partial charge in [-0.1, -0.05) is 29.8 Å². The highest BCUT2D eigenvalue weighted by molar-refractivity contribution is 6.30. The Hall–Kier alpha value is -2.92. The van der Waals surface area contributed by atoms with Crippen molar-refractivity contribution in [1.82, 2.24) is 10.3 Å². The van der Waals surface area contributed by atoms with E-state index in [2.05, 4.69) is 15.6 Å². The number of hydrogen-bond acceptors (Lipinski definition) is 5. The van der Waals surface area contributed by atoms with E-state index in [0.29, 0.717) is 0 Å². The number of carbonyl (C=O) groups is 1. The fraction of sp³-hybridized carbons (Fsp3) is 0.381. The zero-order valence-corrected chi connectivity index (χ0v) is 18.2. The van der Waals surface area contributed by atoms with E-state index in [1.54, 1.807) is 46.8 Å². The highest BCUT2D eigenvalue weighted by atomic mass is 35.5. The molecule has 1 aromatic rings. The summed E-state index contributed by atoms with van der Waals surface area (Å²) < 4.78 is 33.5. The molecule has 162 valence electrons. The molecule has 2 atom stereocenters. The van der Waals surface area contributed by atoms with Crippen molar-refractivity contribution in [3.8, 4) is 6.07 Å². The van der Waals surface area contributed by atoms with Crippen LogP contribution in [0.1, 0.15) is 40.2 Å². The van der Waals surface area contributed by atoms with Gasteiger partial charge in [-0.05, 0) is 52.8 Å². The van der Waals surface area contributed by atoms with Crippen LogP contribution in [0, 0.1) is 17.1 Å². The molecule has 0 aliphatic carbocycles. The van der Waals surface area contributed by atoms with Gasteiger partial charge in [0.15, 0.2) is 11.6 Å². The number of carbonyl (C=O) groups excluding carboxylic acids is 1. The Morgan fingerprint density at radius 2 is 2.10 bits per heavy atom. The number of nitriles is 1. The lowest BCUT2D eigenvalue weighted by Gasteiger charge is -2.26. The van der Waals surface area contributed by atoms with Gasteiger partial charge < -0.3 is 15.4 Å². The lowest BCUT2D eigenvalue weighted by molar-refractivity contribution is 0.0506. The Balaban J connectivity index is 3.15. The molecular weight excluding hydrogens is 414 g/mol. The smallest absolute Gasteiger partial charge is 0.407 e. The van der Waals surface area contributed by atoms with E-state index in [1.165, 1.54) is 24.3 Å². The van der Waals surface area contributed by atoms with Crippen LogP contribution in [0.25, 0.3) is 0 Å². The van der Waals surface area contributed by atoms with Crippen molar-refractivity contribution >= 4 is 23.5 Å². The fourth-order valence-corrected chi connectivity index (χ4v) is 2.35. The van der Waals surface area contributed by atoms with E-state index in [1.807, 2.05) is 0 Å². The van der Waals surface area contributed by atoms with Gasteiger partial charge in [-0.25, -0.2) is 18.6 Å². The molecule has 0 bridgehead atoms. The molecule has 0 aliphatic rings. The first-order valence-corrected chi connectivity index (χ1v) is 9.53. The molecule has 30 heavy (non-hydrogen) atoms. The van der Waals surface area contributed by atoms with Crippen molar-refractivity contribution in [3.05, 3.63) is 58.8 Å².